The van der Waals surface area contributed by atoms with E-state index in [4.69, 9.17) is 11.2 Å². The maximum absolute atomic E-state index is 11.7. The topological polar surface area (TPSA) is 26.3 Å². The van der Waals surface area contributed by atoms with Crippen molar-refractivity contribution in [3.05, 3.63) is 12.7 Å². The van der Waals surface area contributed by atoms with Gasteiger partial charge in [-0.2, -0.15) is 0 Å². The Morgan fingerprint density at radius 2 is 2.00 bits per heavy atom. The lowest BCUT2D eigenvalue weighted by Crippen LogP contribution is -2.24. The fourth-order valence-corrected chi connectivity index (χ4v) is 2.45. The predicted octanol–water partition coefficient (Wildman–Crippen LogP) is 4.60. The van der Waals surface area contributed by atoms with Gasteiger partial charge in [-0.15, -0.1) is 18.9 Å². The normalized spacial score (nSPS) is 15.8. The van der Waals surface area contributed by atoms with Gasteiger partial charge in [0.05, 0.1) is 0 Å². The summed E-state index contributed by atoms with van der Waals surface area (Å²) in [5.41, 5.74) is -0.401. The van der Waals surface area contributed by atoms with Crippen molar-refractivity contribution in [1.82, 2.24) is 0 Å². The van der Waals surface area contributed by atoms with Crippen molar-refractivity contribution < 1.29 is 9.53 Å². The van der Waals surface area contributed by atoms with Crippen molar-refractivity contribution in [2.24, 2.45) is 17.8 Å². The van der Waals surface area contributed by atoms with Crippen LogP contribution in [0, 0.1) is 30.1 Å². The monoisotopic (exact) mass is 278 g/mol. The molecule has 0 saturated heterocycles. The van der Waals surface area contributed by atoms with Crippen LogP contribution in [-0.4, -0.2) is 11.6 Å². The van der Waals surface area contributed by atoms with Gasteiger partial charge in [-0.25, -0.2) is 0 Å². The van der Waals surface area contributed by atoms with E-state index in [1.54, 1.807) is 0 Å². The molecule has 0 fully saturated rings. The average molecular weight is 278 g/mol. The van der Waals surface area contributed by atoms with Crippen molar-refractivity contribution in [2.45, 2.75) is 65.9 Å². The number of carbonyl (C=O) groups excluding carboxylic acids is 1. The van der Waals surface area contributed by atoms with Gasteiger partial charge in [0, 0.05) is 12.8 Å². The Bertz CT molecular complexity index is 343. The molecule has 0 unspecified atom stereocenters. The average Bonchev–Trinajstić information content (AvgIpc) is 2.31. The maximum atomic E-state index is 11.7. The van der Waals surface area contributed by atoms with Crippen LogP contribution in [0.4, 0.5) is 0 Å². The molecule has 0 spiro atoms. The Balaban J connectivity index is 4.31. The number of carbonyl (C=O) groups is 1. The first kappa shape index (κ1) is 18.8. The third-order valence-corrected chi connectivity index (χ3v) is 3.56. The zero-order valence-electron chi connectivity index (χ0n) is 13.7. The molecule has 3 atom stereocenters. The summed E-state index contributed by atoms with van der Waals surface area (Å²) in [6.45, 7) is 13.9. The van der Waals surface area contributed by atoms with Crippen LogP contribution in [-0.2, 0) is 9.53 Å². The SMILES string of the molecule is C#CC[C@@H](C)[C@H](CCCC(=O)OC(C)(C)C)[C@H](C)C=C. The quantitative estimate of drug-likeness (QED) is 0.368. The molecule has 0 aromatic rings. The number of rotatable bonds is 8. The minimum absolute atomic E-state index is 0.118. The highest BCUT2D eigenvalue weighted by Gasteiger charge is 2.22. The molecule has 0 aliphatic carbocycles. The molecule has 0 heterocycles. The molecule has 0 aliphatic rings. The molecular weight excluding hydrogens is 248 g/mol. The Hall–Kier alpha value is -1.23. The number of hydrogen-bond donors (Lipinski definition) is 0. The van der Waals surface area contributed by atoms with Crippen molar-refractivity contribution in [1.29, 1.82) is 0 Å². The van der Waals surface area contributed by atoms with Gasteiger partial charge < -0.3 is 4.74 Å². The summed E-state index contributed by atoms with van der Waals surface area (Å²) in [4.78, 5) is 11.7. The van der Waals surface area contributed by atoms with Crippen molar-refractivity contribution in [3.63, 3.8) is 0 Å². The highest BCUT2D eigenvalue weighted by atomic mass is 16.6. The van der Waals surface area contributed by atoms with E-state index in [0.717, 1.165) is 19.3 Å². The van der Waals surface area contributed by atoms with E-state index in [1.807, 2.05) is 26.8 Å². The van der Waals surface area contributed by atoms with Crippen LogP contribution in [0.25, 0.3) is 0 Å². The van der Waals surface area contributed by atoms with Gasteiger partial charge in [-0.1, -0.05) is 19.9 Å². The minimum Gasteiger partial charge on any atom is -0.460 e. The van der Waals surface area contributed by atoms with Gasteiger partial charge in [-0.3, -0.25) is 4.79 Å². The third-order valence-electron chi connectivity index (χ3n) is 3.56. The molecule has 114 valence electrons. The first-order valence-corrected chi connectivity index (χ1v) is 7.49. The number of ether oxygens (including phenoxy) is 1. The van der Waals surface area contributed by atoms with Crippen LogP contribution in [0.1, 0.15) is 60.3 Å². The van der Waals surface area contributed by atoms with Gasteiger partial charge >= 0.3 is 5.97 Å². The van der Waals surface area contributed by atoms with E-state index in [2.05, 4.69) is 26.3 Å². The molecule has 0 saturated carbocycles. The van der Waals surface area contributed by atoms with Crippen LogP contribution >= 0.6 is 0 Å². The molecule has 0 aliphatic heterocycles. The fraction of sp³-hybridized carbons (Fsp3) is 0.722. The zero-order chi connectivity index (χ0) is 15.8. The van der Waals surface area contributed by atoms with E-state index in [0.29, 0.717) is 24.2 Å². The van der Waals surface area contributed by atoms with E-state index in [9.17, 15) is 4.79 Å². The largest absolute Gasteiger partial charge is 0.460 e. The summed E-state index contributed by atoms with van der Waals surface area (Å²) in [7, 11) is 0. The van der Waals surface area contributed by atoms with Gasteiger partial charge in [0.15, 0.2) is 0 Å². The van der Waals surface area contributed by atoms with Crippen molar-refractivity contribution >= 4 is 5.97 Å². The van der Waals surface area contributed by atoms with Crippen LogP contribution in [0.5, 0.6) is 0 Å². The number of terminal acetylenes is 1. The molecule has 20 heavy (non-hydrogen) atoms. The summed E-state index contributed by atoms with van der Waals surface area (Å²) in [6.07, 6.45) is 10.4. The molecule has 2 heteroatoms. The summed E-state index contributed by atoms with van der Waals surface area (Å²) in [6, 6.07) is 0. The van der Waals surface area contributed by atoms with Gasteiger partial charge in [0.2, 0.25) is 0 Å². The molecule has 0 bridgehead atoms. The number of hydrogen-bond acceptors (Lipinski definition) is 2. The van der Waals surface area contributed by atoms with Crippen molar-refractivity contribution in [3.8, 4) is 12.3 Å². The van der Waals surface area contributed by atoms with Gasteiger partial charge in [0.1, 0.15) is 5.60 Å². The molecule has 0 radical (unpaired) electrons. The Morgan fingerprint density at radius 1 is 1.40 bits per heavy atom. The van der Waals surface area contributed by atoms with Gasteiger partial charge in [-0.05, 0) is 51.4 Å². The molecular formula is C18H30O2. The second-order valence-electron chi connectivity index (χ2n) is 6.62. The maximum Gasteiger partial charge on any atom is 0.306 e. The third kappa shape index (κ3) is 8.04. The molecule has 0 aromatic carbocycles. The summed E-state index contributed by atoms with van der Waals surface area (Å²) in [5.74, 6) is 3.96. The highest BCUT2D eigenvalue weighted by Crippen LogP contribution is 2.29. The van der Waals surface area contributed by atoms with Crippen molar-refractivity contribution in [2.75, 3.05) is 0 Å². The van der Waals surface area contributed by atoms with E-state index < -0.39 is 5.60 Å². The van der Waals surface area contributed by atoms with Crippen LogP contribution in [0.2, 0.25) is 0 Å². The molecule has 0 aromatic heterocycles. The standard InChI is InChI=1S/C18H30O2/c1-8-11-15(4)16(14(3)9-2)12-10-13-17(19)20-18(5,6)7/h1,9,14-16H,2,10-13H2,3-7H3/t14-,15-,16-/m1/s1. The molecule has 2 nitrogen and oxygen atoms in total. The summed E-state index contributed by atoms with van der Waals surface area (Å²) < 4.78 is 5.32. The van der Waals surface area contributed by atoms with Crippen LogP contribution in [0.3, 0.4) is 0 Å². The highest BCUT2D eigenvalue weighted by molar-refractivity contribution is 5.69. The van der Waals surface area contributed by atoms with Crippen LogP contribution in [0.15, 0.2) is 12.7 Å². The predicted molar refractivity (Wildman–Crippen MR) is 85.2 cm³/mol. The lowest BCUT2D eigenvalue weighted by atomic mass is 9.78. The smallest absolute Gasteiger partial charge is 0.306 e. The second kappa shape index (κ2) is 8.84. The summed E-state index contributed by atoms with van der Waals surface area (Å²) in [5, 5.41) is 0. The van der Waals surface area contributed by atoms with E-state index in [1.165, 1.54) is 0 Å². The Labute approximate surface area is 125 Å². The fourth-order valence-electron chi connectivity index (χ4n) is 2.45. The molecule has 0 amide bonds. The number of allylic oxidation sites excluding steroid dienone is 1. The van der Waals surface area contributed by atoms with Gasteiger partial charge in [0.25, 0.3) is 0 Å². The Kier molecular flexibility index (Phi) is 8.30. The Morgan fingerprint density at radius 3 is 2.45 bits per heavy atom. The zero-order valence-corrected chi connectivity index (χ0v) is 13.7. The van der Waals surface area contributed by atoms with E-state index >= 15 is 0 Å². The first-order valence-electron chi connectivity index (χ1n) is 7.49. The van der Waals surface area contributed by atoms with Crippen LogP contribution < -0.4 is 0 Å². The minimum atomic E-state index is -0.401. The van der Waals surface area contributed by atoms with E-state index in [-0.39, 0.29) is 5.97 Å². The molecule has 0 rings (SSSR count). The number of esters is 1. The molecule has 0 N–H and O–H groups in total. The summed E-state index contributed by atoms with van der Waals surface area (Å²) >= 11 is 0. The lowest BCUT2D eigenvalue weighted by molar-refractivity contribution is -0.155. The first-order chi connectivity index (χ1) is 9.21. The second-order valence-corrected chi connectivity index (χ2v) is 6.62. The lowest BCUT2D eigenvalue weighted by Gasteiger charge is -2.27.